The van der Waals surface area contributed by atoms with E-state index < -0.39 is 0 Å². The van der Waals surface area contributed by atoms with E-state index in [1.165, 1.54) is 16.9 Å². The van der Waals surface area contributed by atoms with Crippen molar-refractivity contribution in [2.75, 3.05) is 6.61 Å². The molecule has 0 unspecified atom stereocenters. The van der Waals surface area contributed by atoms with Crippen molar-refractivity contribution in [3.63, 3.8) is 0 Å². The summed E-state index contributed by atoms with van der Waals surface area (Å²) in [7, 11) is 0. The fourth-order valence-electron chi connectivity index (χ4n) is 2.93. The molecule has 3 aromatic rings. The molecule has 8 heteroatoms. The van der Waals surface area contributed by atoms with Crippen molar-refractivity contribution in [1.82, 2.24) is 14.3 Å². The van der Waals surface area contributed by atoms with Crippen LogP contribution in [0.25, 0.3) is 10.2 Å². The summed E-state index contributed by atoms with van der Waals surface area (Å²) < 4.78 is 9.42. The minimum atomic E-state index is -0.382. The van der Waals surface area contributed by atoms with E-state index in [2.05, 4.69) is 30.0 Å². The van der Waals surface area contributed by atoms with Gasteiger partial charge in [-0.1, -0.05) is 31.3 Å². The number of nitrogens with zero attached hydrogens (tertiary/aromatic N) is 4. The number of fused-ring (bicyclic) bond motifs is 1. The van der Waals surface area contributed by atoms with Crippen LogP contribution in [0.4, 0.5) is 0 Å². The van der Waals surface area contributed by atoms with E-state index in [0.29, 0.717) is 29.6 Å². The molecule has 0 atom stereocenters. The van der Waals surface area contributed by atoms with Gasteiger partial charge in [-0.15, -0.1) is 0 Å². The van der Waals surface area contributed by atoms with Crippen molar-refractivity contribution in [2.45, 2.75) is 46.7 Å². The molecule has 0 radical (unpaired) electrons. The number of hydrogen-bond acceptors (Lipinski definition) is 5. The summed E-state index contributed by atoms with van der Waals surface area (Å²) in [5.41, 5.74) is 2.47. The largest absolute Gasteiger partial charge is 0.465 e. The predicted octanol–water partition coefficient (Wildman–Crippen LogP) is 3.35. The summed E-state index contributed by atoms with van der Waals surface area (Å²) in [4.78, 5) is 29.6. The second kappa shape index (κ2) is 8.52. The van der Waals surface area contributed by atoms with Gasteiger partial charge < -0.3 is 9.30 Å². The Labute approximate surface area is 167 Å². The third-order valence-electron chi connectivity index (χ3n) is 4.40. The molecule has 0 bridgehead atoms. The van der Waals surface area contributed by atoms with Crippen LogP contribution in [0.5, 0.6) is 0 Å². The molecule has 3 rings (SSSR count). The molecule has 0 aliphatic heterocycles. The molecule has 2 heterocycles. The van der Waals surface area contributed by atoms with Crippen molar-refractivity contribution in [3.8, 4) is 0 Å². The Morgan fingerprint density at radius 1 is 1.25 bits per heavy atom. The number of hydrogen-bond donors (Lipinski definition) is 0. The SMILES string of the molecule is CCOC(=O)Cn1c(=NC(=O)c2ccnn2CC)sc2cc(C(C)C)ccc21. The van der Waals surface area contributed by atoms with E-state index in [4.69, 9.17) is 4.74 Å². The van der Waals surface area contributed by atoms with Crippen LogP contribution in [0, 0.1) is 0 Å². The number of benzene rings is 1. The second-order valence-electron chi connectivity index (χ2n) is 6.61. The second-order valence-corrected chi connectivity index (χ2v) is 7.62. The average Bonchev–Trinajstić information content (AvgIpc) is 3.26. The van der Waals surface area contributed by atoms with E-state index in [0.717, 1.165) is 10.2 Å². The monoisotopic (exact) mass is 400 g/mol. The first kappa shape index (κ1) is 20.0. The zero-order chi connectivity index (χ0) is 20.3. The maximum absolute atomic E-state index is 12.7. The van der Waals surface area contributed by atoms with Crippen molar-refractivity contribution in [2.24, 2.45) is 4.99 Å². The Morgan fingerprint density at radius 3 is 2.71 bits per heavy atom. The third kappa shape index (κ3) is 4.06. The quantitative estimate of drug-likeness (QED) is 0.595. The maximum Gasteiger partial charge on any atom is 0.326 e. The van der Waals surface area contributed by atoms with Gasteiger partial charge in [0.05, 0.1) is 16.8 Å². The fraction of sp³-hybridized carbons (Fsp3) is 0.400. The van der Waals surface area contributed by atoms with Crippen LogP contribution >= 0.6 is 11.3 Å². The number of amides is 1. The molecule has 0 aliphatic carbocycles. The average molecular weight is 401 g/mol. The fourth-order valence-corrected chi connectivity index (χ4v) is 4.01. The first-order chi connectivity index (χ1) is 13.4. The number of aryl methyl sites for hydroxylation is 1. The van der Waals surface area contributed by atoms with Gasteiger partial charge >= 0.3 is 5.97 Å². The highest BCUT2D eigenvalue weighted by Gasteiger charge is 2.15. The third-order valence-corrected chi connectivity index (χ3v) is 5.44. The maximum atomic E-state index is 12.7. The Kier molecular flexibility index (Phi) is 6.08. The highest BCUT2D eigenvalue weighted by Crippen LogP contribution is 2.23. The molecule has 0 saturated carbocycles. The number of carbonyl (C=O) groups is 2. The van der Waals surface area contributed by atoms with E-state index in [1.807, 2.05) is 19.1 Å². The Morgan fingerprint density at radius 2 is 2.04 bits per heavy atom. The molecule has 0 N–H and O–H groups in total. The number of ether oxygens (including phenoxy) is 1. The molecule has 0 aliphatic rings. The minimum Gasteiger partial charge on any atom is -0.465 e. The van der Waals surface area contributed by atoms with Crippen LogP contribution in [0.3, 0.4) is 0 Å². The summed E-state index contributed by atoms with van der Waals surface area (Å²) in [6.45, 7) is 8.83. The van der Waals surface area contributed by atoms with E-state index in [9.17, 15) is 9.59 Å². The highest BCUT2D eigenvalue weighted by molar-refractivity contribution is 7.16. The predicted molar refractivity (Wildman–Crippen MR) is 108 cm³/mol. The van der Waals surface area contributed by atoms with Crippen LogP contribution in [-0.4, -0.2) is 32.8 Å². The van der Waals surface area contributed by atoms with Crippen molar-refractivity contribution in [3.05, 3.63) is 46.5 Å². The van der Waals surface area contributed by atoms with Gasteiger partial charge in [0.25, 0.3) is 5.91 Å². The summed E-state index contributed by atoms with van der Waals surface area (Å²) in [5.74, 6) is -0.360. The summed E-state index contributed by atoms with van der Waals surface area (Å²) in [6.07, 6.45) is 1.58. The topological polar surface area (TPSA) is 78.5 Å². The number of aromatic nitrogens is 3. The van der Waals surface area contributed by atoms with Gasteiger partial charge in [0.15, 0.2) is 4.80 Å². The van der Waals surface area contributed by atoms with E-state index in [1.54, 1.807) is 28.4 Å². The van der Waals surface area contributed by atoms with Gasteiger partial charge in [0.1, 0.15) is 12.2 Å². The molecule has 7 nitrogen and oxygen atoms in total. The number of esters is 1. The molecular weight excluding hydrogens is 376 g/mol. The number of carbonyl (C=O) groups excluding carboxylic acids is 2. The highest BCUT2D eigenvalue weighted by atomic mass is 32.1. The molecular formula is C20H24N4O3S. The summed E-state index contributed by atoms with van der Waals surface area (Å²) >= 11 is 1.39. The van der Waals surface area contributed by atoms with Gasteiger partial charge in [-0.2, -0.15) is 10.1 Å². The molecule has 148 valence electrons. The van der Waals surface area contributed by atoms with Crippen LogP contribution in [-0.2, 0) is 22.6 Å². The standard InChI is InChI=1S/C20H24N4O3S/c1-5-24-16(9-10-21-24)19(26)22-20-23(12-18(25)27-6-2)15-8-7-14(13(3)4)11-17(15)28-20/h7-11,13H,5-6,12H2,1-4H3. The molecule has 0 fully saturated rings. The normalized spacial score (nSPS) is 12.1. The molecule has 1 amide bonds. The lowest BCUT2D eigenvalue weighted by Crippen LogP contribution is -2.23. The van der Waals surface area contributed by atoms with Gasteiger partial charge in [-0.3, -0.25) is 14.3 Å². The molecule has 28 heavy (non-hydrogen) atoms. The lowest BCUT2D eigenvalue weighted by atomic mass is 10.0. The first-order valence-electron chi connectivity index (χ1n) is 9.34. The molecule has 0 spiro atoms. The molecule has 1 aromatic carbocycles. The van der Waals surface area contributed by atoms with Gasteiger partial charge in [-0.25, -0.2) is 0 Å². The van der Waals surface area contributed by atoms with Crippen LogP contribution < -0.4 is 4.80 Å². The smallest absolute Gasteiger partial charge is 0.326 e. The number of thiazole rings is 1. The van der Waals surface area contributed by atoms with Crippen molar-refractivity contribution < 1.29 is 14.3 Å². The Bertz CT molecular complexity index is 1070. The Hall–Kier alpha value is -2.74. The molecule has 2 aromatic heterocycles. The summed E-state index contributed by atoms with van der Waals surface area (Å²) in [6, 6.07) is 7.75. The van der Waals surface area contributed by atoms with Crippen LogP contribution in [0.15, 0.2) is 35.5 Å². The van der Waals surface area contributed by atoms with Gasteiger partial charge in [-0.05, 0) is 43.5 Å². The van der Waals surface area contributed by atoms with Crippen molar-refractivity contribution >= 4 is 33.4 Å². The van der Waals surface area contributed by atoms with Gasteiger partial charge in [0, 0.05) is 12.7 Å². The van der Waals surface area contributed by atoms with E-state index in [-0.39, 0.29) is 18.4 Å². The van der Waals surface area contributed by atoms with Crippen LogP contribution in [0.1, 0.15) is 49.7 Å². The first-order valence-corrected chi connectivity index (χ1v) is 10.2. The van der Waals surface area contributed by atoms with Crippen molar-refractivity contribution in [1.29, 1.82) is 0 Å². The lowest BCUT2D eigenvalue weighted by Gasteiger charge is -2.07. The minimum absolute atomic E-state index is 0.00795. The number of rotatable bonds is 6. The van der Waals surface area contributed by atoms with E-state index >= 15 is 0 Å². The van der Waals surface area contributed by atoms with Crippen LogP contribution in [0.2, 0.25) is 0 Å². The zero-order valence-corrected chi connectivity index (χ0v) is 17.3. The lowest BCUT2D eigenvalue weighted by molar-refractivity contribution is -0.143. The van der Waals surface area contributed by atoms with Gasteiger partial charge in [0.2, 0.25) is 0 Å². The molecule has 0 saturated heterocycles. The Balaban J connectivity index is 2.13. The summed E-state index contributed by atoms with van der Waals surface area (Å²) in [5, 5.41) is 4.12. The zero-order valence-electron chi connectivity index (χ0n) is 16.5.